The number of alkyl halides is 2. The summed E-state index contributed by atoms with van der Waals surface area (Å²) in [7, 11) is 0. The lowest BCUT2D eigenvalue weighted by atomic mass is 9.86. The molecule has 2 heterocycles. The number of rotatable bonds is 10. The fourth-order valence-electron chi connectivity index (χ4n) is 4.71. The number of thiazole rings is 1. The Labute approximate surface area is 197 Å². The molecule has 0 unspecified atom stereocenters. The summed E-state index contributed by atoms with van der Waals surface area (Å²) in [5.74, 6) is -4.10. The molecule has 0 bridgehead atoms. The number of ether oxygens (including phenoxy) is 3. The van der Waals surface area contributed by atoms with Crippen LogP contribution in [0.25, 0.3) is 0 Å². The molecule has 1 aliphatic carbocycles. The van der Waals surface area contributed by atoms with Crippen LogP contribution >= 0.6 is 11.3 Å². The summed E-state index contributed by atoms with van der Waals surface area (Å²) < 4.78 is 45.5. The van der Waals surface area contributed by atoms with E-state index in [2.05, 4.69) is 4.98 Å². The fraction of sp³-hybridized carbons (Fsp3) is 0.708. The average molecular weight is 486 g/mol. The molecule has 0 radical (unpaired) electrons. The van der Waals surface area contributed by atoms with E-state index in [1.54, 1.807) is 12.3 Å². The van der Waals surface area contributed by atoms with Gasteiger partial charge in [-0.1, -0.05) is 25.8 Å². The van der Waals surface area contributed by atoms with E-state index >= 15 is 0 Å². The monoisotopic (exact) mass is 485 g/mol. The predicted molar refractivity (Wildman–Crippen MR) is 120 cm³/mol. The molecule has 184 valence electrons. The molecule has 1 aromatic heterocycles. The number of unbranched alkanes of at least 4 members (excludes halogenated alkanes) is 2. The molecule has 2 fully saturated rings. The van der Waals surface area contributed by atoms with Gasteiger partial charge in [-0.05, 0) is 38.2 Å². The molecule has 6 nitrogen and oxygen atoms in total. The van der Waals surface area contributed by atoms with E-state index in [1.165, 1.54) is 24.3 Å². The summed E-state index contributed by atoms with van der Waals surface area (Å²) in [6.07, 6.45) is 5.32. The Hall–Kier alpha value is -1.87. The van der Waals surface area contributed by atoms with Gasteiger partial charge >= 0.3 is 11.9 Å². The van der Waals surface area contributed by atoms with E-state index in [0.29, 0.717) is 24.3 Å². The van der Waals surface area contributed by atoms with Crippen molar-refractivity contribution in [3.8, 4) is 0 Å². The van der Waals surface area contributed by atoms with Crippen LogP contribution < -0.4 is 0 Å². The lowest BCUT2D eigenvalue weighted by molar-refractivity contribution is -0.147. The highest BCUT2D eigenvalue weighted by Gasteiger charge is 2.48. The number of halogens is 2. The maximum Gasteiger partial charge on any atom is 0.357 e. The highest BCUT2D eigenvalue weighted by Crippen LogP contribution is 2.47. The van der Waals surface area contributed by atoms with Crippen molar-refractivity contribution in [1.82, 2.24) is 4.98 Å². The Morgan fingerprint density at radius 3 is 2.79 bits per heavy atom. The topological polar surface area (TPSA) is 74.7 Å². The molecule has 2 aliphatic rings. The van der Waals surface area contributed by atoms with Crippen molar-refractivity contribution in [2.75, 3.05) is 6.61 Å². The molecule has 0 N–H and O–H groups in total. The van der Waals surface area contributed by atoms with Gasteiger partial charge in [-0.3, -0.25) is 4.79 Å². The summed E-state index contributed by atoms with van der Waals surface area (Å²) in [5, 5.41) is 2.35. The van der Waals surface area contributed by atoms with Crippen molar-refractivity contribution >= 4 is 23.3 Å². The Kier molecular flexibility index (Phi) is 8.98. The molecule has 0 aromatic carbocycles. The zero-order valence-electron chi connectivity index (χ0n) is 19.4. The van der Waals surface area contributed by atoms with Crippen molar-refractivity contribution < 1.29 is 32.6 Å². The Bertz CT molecular complexity index is 843. The van der Waals surface area contributed by atoms with Crippen molar-refractivity contribution in [2.24, 2.45) is 11.8 Å². The maximum absolute atomic E-state index is 14.3. The standard InChI is InChI=1S/C24H33F2NO5S/c1-4-6-7-11-24(25,26)12-10-17-16-8-9-19(32-21(16)13-20(17)31-15(3)28)22-27-18(14-33-22)23(29)30-5-2/h10,12,14,16-17,19-21H,4-9,11,13H2,1-3H3/b12-10+/t16-,17-,19-,20-,21+/m1/s1. The van der Waals surface area contributed by atoms with Crippen LogP contribution in [0.3, 0.4) is 0 Å². The van der Waals surface area contributed by atoms with Crippen LogP contribution in [0.5, 0.6) is 0 Å². The zero-order valence-corrected chi connectivity index (χ0v) is 20.2. The van der Waals surface area contributed by atoms with Crippen LogP contribution in [0.1, 0.15) is 87.3 Å². The molecule has 1 saturated heterocycles. The highest BCUT2D eigenvalue weighted by molar-refractivity contribution is 7.09. The van der Waals surface area contributed by atoms with Crippen LogP contribution in [0.4, 0.5) is 8.78 Å². The van der Waals surface area contributed by atoms with Gasteiger partial charge in [-0.25, -0.2) is 18.6 Å². The van der Waals surface area contributed by atoms with Crippen LogP contribution in [-0.2, 0) is 19.0 Å². The average Bonchev–Trinajstić information content (AvgIpc) is 3.36. The smallest absolute Gasteiger partial charge is 0.357 e. The molecule has 0 spiro atoms. The first kappa shape index (κ1) is 25.7. The molecular formula is C24H33F2NO5S. The van der Waals surface area contributed by atoms with Crippen LogP contribution in [0.15, 0.2) is 17.5 Å². The first-order chi connectivity index (χ1) is 15.7. The Morgan fingerprint density at radius 2 is 2.09 bits per heavy atom. The number of carbonyl (C=O) groups excluding carboxylic acids is 2. The first-order valence-corrected chi connectivity index (χ1v) is 12.6. The molecule has 33 heavy (non-hydrogen) atoms. The van der Waals surface area contributed by atoms with Gasteiger partial charge in [0.1, 0.15) is 17.2 Å². The SMILES string of the molecule is CCCCCC(F)(F)/C=C/[C@@H]1[C@H]2CC[C@H](c3nc(C(=O)OCC)cs3)O[C@H]2C[C@H]1OC(C)=O. The Balaban J connectivity index is 1.69. The number of aromatic nitrogens is 1. The number of allylic oxidation sites excluding steroid dienone is 1. The minimum absolute atomic E-state index is 0.0159. The van der Waals surface area contributed by atoms with Gasteiger partial charge in [0.25, 0.3) is 5.92 Å². The van der Waals surface area contributed by atoms with E-state index in [-0.39, 0.29) is 42.8 Å². The lowest BCUT2D eigenvalue weighted by Crippen LogP contribution is -2.30. The summed E-state index contributed by atoms with van der Waals surface area (Å²) in [5.41, 5.74) is 0.262. The fourth-order valence-corrected chi connectivity index (χ4v) is 5.57. The molecule has 1 saturated carbocycles. The summed E-state index contributed by atoms with van der Waals surface area (Å²) >= 11 is 1.34. The second kappa shape index (κ2) is 11.5. The van der Waals surface area contributed by atoms with Gasteiger partial charge in [0.2, 0.25) is 0 Å². The van der Waals surface area contributed by atoms with Gasteiger partial charge < -0.3 is 14.2 Å². The molecule has 3 rings (SSSR count). The van der Waals surface area contributed by atoms with Gasteiger partial charge in [0, 0.05) is 31.1 Å². The normalized spacial score (nSPS) is 27.5. The maximum atomic E-state index is 14.3. The molecule has 0 amide bonds. The van der Waals surface area contributed by atoms with Gasteiger partial charge in [-0.2, -0.15) is 0 Å². The third kappa shape index (κ3) is 6.82. The first-order valence-electron chi connectivity index (χ1n) is 11.8. The van der Waals surface area contributed by atoms with Crippen LogP contribution in [-0.4, -0.2) is 41.7 Å². The number of hydrogen-bond donors (Lipinski definition) is 0. The largest absolute Gasteiger partial charge is 0.462 e. The van der Waals surface area contributed by atoms with E-state index in [9.17, 15) is 18.4 Å². The molecular weight excluding hydrogens is 452 g/mol. The van der Waals surface area contributed by atoms with Crippen molar-refractivity contribution in [3.05, 3.63) is 28.2 Å². The van der Waals surface area contributed by atoms with E-state index < -0.39 is 24.0 Å². The van der Waals surface area contributed by atoms with Crippen LogP contribution in [0.2, 0.25) is 0 Å². The van der Waals surface area contributed by atoms with Crippen molar-refractivity contribution in [2.45, 2.75) is 90.0 Å². The number of carbonyl (C=O) groups is 2. The second-order valence-electron chi connectivity index (χ2n) is 8.73. The third-order valence-electron chi connectivity index (χ3n) is 6.24. The number of nitrogens with zero attached hydrogens (tertiary/aromatic N) is 1. The summed E-state index contributed by atoms with van der Waals surface area (Å²) in [6, 6.07) is 0. The van der Waals surface area contributed by atoms with E-state index in [0.717, 1.165) is 25.3 Å². The highest BCUT2D eigenvalue weighted by atomic mass is 32.1. The van der Waals surface area contributed by atoms with E-state index in [4.69, 9.17) is 14.2 Å². The minimum atomic E-state index is -2.88. The molecule has 1 aliphatic heterocycles. The number of esters is 2. The molecule has 1 aromatic rings. The minimum Gasteiger partial charge on any atom is -0.462 e. The van der Waals surface area contributed by atoms with Gasteiger partial charge in [0.05, 0.1) is 12.7 Å². The second-order valence-corrected chi connectivity index (χ2v) is 9.62. The molecule has 5 atom stereocenters. The van der Waals surface area contributed by atoms with Crippen molar-refractivity contribution in [3.63, 3.8) is 0 Å². The predicted octanol–water partition coefficient (Wildman–Crippen LogP) is 5.88. The summed E-state index contributed by atoms with van der Waals surface area (Å²) in [6.45, 7) is 5.33. The zero-order chi connectivity index (χ0) is 24.0. The number of fused-ring (bicyclic) bond motifs is 1. The van der Waals surface area contributed by atoms with Gasteiger partial charge in [-0.15, -0.1) is 11.3 Å². The van der Waals surface area contributed by atoms with Crippen molar-refractivity contribution in [1.29, 1.82) is 0 Å². The number of hydrogen-bond acceptors (Lipinski definition) is 7. The third-order valence-corrected chi connectivity index (χ3v) is 7.18. The van der Waals surface area contributed by atoms with Gasteiger partial charge in [0.15, 0.2) is 5.69 Å². The van der Waals surface area contributed by atoms with E-state index in [1.807, 2.05) is 6.92 Å². The van der Waals surface area contributed by atoms with Crippen LogP contribution in [0, 0.1) is 11.8 Å². The Morgan fingerprint density at radius 1 is 1.30 bits per heavy atom. The molecule has 9 heteroatoms. The lowest BCUT2D eigenvalue weighted by Gasteiger charge is -2.33. The quantitative estimate of drug-likeness (QED) is 0.234. The summed E-state index contributed by atoms with van der Waals surface area (Å²) in [4.78, 5) is 27.9.